The van der Waals surface area contributed by atoms with Crippen molar-refractivity contribution in [3.8, 4) is 0 Å². The van der Waals surface area contributed by atoms with Gasteiger partial charge in [0.25, 0.3) is 0 Å². The summed E-state index contributed by atoms with van der Waals surface area (Å²) in [6, 6.07) is 7.25. The summed E-state index contributed by atoms with van der Waals surface area (Å²) in [6.45, 7) is 4.72. The van der Waals surface area contributed by atoms with Crippen LogP contribution in [0.3, 0.4) is 0 Å². The summed E-state index contributed by atoms with van der Waals surface area (Å²) in [7, 11) is 1.87. The number of aryl methyl sites for hydroxylation is 1. The zero-order valence-corrected chi connectivity index (χ0v) is 27.4. The number of carboxylic acids is 1. The van der Waals surface area contributed by atoms with Crippen LogP contribution in [0.2, 0.25) is 0 Å². The van der Waals surface area contributed by atoms with Gasteiger partial charge in [0.1, 0.15) is 5.82 Å². The molecule has 48 heavy (non-hydrogen) atoms. The van der Waals surface area contributed by atoms with Crippen molar-refractivity contribution in [1.29, 1.82) is 0 Å². The molecule has 0 saturated carbocycles. The highest BCUT2D eigenvalue weighted by atomic mass is 35.5. The first kappa shape index (κ1) is 34.6. The number of pyridine rings is 2. The number of aliphatic carboxylic acids is 1. The number of nitrogens with one attached hydrogen (secondary N) is 3. The van der Waals surface area contributed by atoms with Gasteiger partial charge in [-0.2, -0.15) is 5.10 Å². The number of aromatic nitrogens is 4. The molecule has 1 amide bonds. The highest BCUT2D eigenvalue weighted by Gasteiger charge is 2.52. The number of carbonyl (C=O) groups is 3. The van der Waals surface area contributed by atoms with Crippen molar-refractivity contribution in [2.24, 2.45) is 0 Å². The van der Waals surface area contributed by atoms with Crippen LogP contribution in [0.15, 0.2) is 48.9 Å². The van der Waals surface area contributed by atoms with Crippen molar-refractivity contribution >= 4 is 53.0 Å². The van der Waals surface area contributed by atoms with E-state index < -0.39 is 23.5 Å². The third-order valence-corrected chi connectivity index (χ3v) is 8.49. The standard InChI is InChI=1S/C34H36N6O7.ClH/c1-20-10-22(11-24-19-38-40-29(20)24)13-28(31(41)42)47-32(43)25-14-23-15-34(16-27(23)36-18-25)26-12-21(17-37-30(26)39-33(34)44)4-3-6-45-8-9-46-7-5-35-2;/h3-4,10-12,14,17-19,28,35H,5-9,13,15-16H2,1-2H3,(H,38,40)(H,41,42)(H,37,39,44);1H/b4-3+;/t28-,34+;/m1./s1. The van der Waals surface area contributed by atoms with Crippen molar-refractivity contribution in [1.82, 2.24) is 25.5 Å². The van der Waals surface area contributed by atoms with Gasteiger partial charge < -0.3 is 30.0 Å². The Morgan fingerprint density at radius 3 is 2.73 bits per heavy atom. The zero-order valence-electron chi connectivity index (χ0n) is 26.6. The molecule has 0 saturated heterocycles. The van der Waals surface area contributed by atoms with Crippen molar-refractivity contribution in [3.05, 3.63) is 88.0 Å². The number of amides is 1. The van der Waals surface area contributed by atoms with Crippen molar-refractivity contribution < 1.29 is 33.7 Å². The summed E-state index contributed by atoms with van der Waals surface area (Å²) < 4.78 is 16.5. The molecule has 1 aliphatic heterocycles. The lowest BCUT2D eigenvalue weighted by Crippen LogP contribution is -2.35. The maximum Gasteiger partial charge on any atom is 0.345 e. The SMILES string of the molecule is CNCCOCCOC/C=C/c1cnc2c(c1)[C@@]1(Cc3cc(C(=O)O[C@H](Cc4cc(C)c5[nH]ncc5c4)C(=O)O)cnc3C1)C(=O)N2.Cl. The van der Waals surface area contributed by atoms with Gasteiger partial charge in [-0.05, 0) is 60.8 Å². The van der Waals surface area contributed by atoms with E-state index in [2.05, 4.69) is 30.8 Å². The molecule has 4 aromatic rings. The number of aromatic amines is 1. The number of halogens is 1. The fourth-order valence-electron chi connectivity index (χ4n) is 6.12. The van der Waals surface area contributed by atoms with Crippen molar-refractivity contribution in [2.45, 2.75) is 37.7 Å². The van der Waals surface area contributed by atoms with Gasteiger partial charge in [-0.1, -0.05) is 18.2 Å². The number of nitrogens with zero attached hydrogens (tertiary/aromatic N) is 3. The Morgan fingerprint density at radius 2 is 1.92 bits per heavy atom. The minimum atomic E-state index is -1.40. The first-order valence-electron chi connectivity index (χ1n) is 15.4. The van der Waals surface area contributed by atoms with Gasteiger partial charge >= 0.3 is 11.9 Å². The Balaban J connectivity index is 0.00000451. The third-order valence-electron chi connectivity index (χ3n) is 8.49. The normalized spacial score (nSPS) is 16.9. The van der Waals surface area contributed by atoms with Gasteiger partial charge in [-0.15, -0.1) is 12.4 Å². The lowest BCUT2D eigenvalue weighted by atomic mass is 9.79. The Labute approximate surface area is 282 Å². The van der Waals surface area contributed by atoms with E-state index in [9.17, 15) is 19.5 Å². The van der Waals surface area contributed by atoms with Crippen LogP contribution in [0.25, 0.3) is 17.0 Å². The molecule has 0 unspecified atom stereocenters. The first-order valence-corrected chi connectivity index (χ1v) is 15.4. The van der Waals surface area contributed by atoms with Crippen LogP contribution in [-0.2, 0) is 48.5 Å². The smallest absolute Gasteiger partial charge is 0.345 e. The van der Waals surface area contributed by atoms with E-state index in [0.29, 0.717) is 56.3 Å². The van der Waals surface area contributed by atoms with E-state index in [1.54, 1.807) is 18.5 Å². The molecule has 3 aromatic heterocycles. The van der Waals surface area contributed by atoms with Crippen molar-refractivity contribution in [3.63, 3.8) is 0 Å². The Hall–Kier alpha value is -4.69. The van der Waals surface area contributed by atoms with E-state index in [4.69, 9.17) is 14.2 Å². The Bertz CT molecular complexity index is 1860. The molecule has 0 fully saturated rings. The Morgan fingerprint density at radius 1 is 1.08 bits per heavy atom. The molecule has 252 valence electrons. The predicted octanol–water partition coefficient (Wildman–Crippen LogP) is 3.19. The average molecular weight is 677 g/mol. The second kappa shape index (κ2) is 15.0. The number of anilines is 1. The van der Waals surface area contributed by atoms with E-state index in [1.165, 1.54) is 6.20 Å². The van der Waals surface area contributed by atoms with E-state index >= 15 is 0 Å². The van der Waals surface area contributed by atoms with Crippen LogP contribution in [0.1, 0.15) is 43.9 Å². The molecule has 6 rings (SSSR count). The van der Waals surface area contributed by atoms with E-state index in [1.807, 2.05) is 44.3 Å². The second-order valence-electron chi connectivity index (χ2n) is 11.8. The first-order chi connectivity index (χ1) is 22.8. The maximum absolute atomic E-state index is 13.4. The number of carboxylic acid groups (broad SMARTS) is 1. The minimum Gasteiger partial charge on any atom is -0.478 e. The van der Waals surface area contributed by atoms with Gasteiger partial charge in [0.2, 0.25) is 12.0 Å². The summed E-state index contributed by atoms with van der Waals surface area (Å²) in [4.78, 5) is 47.6. The quantitative estimate of drug-likeness (QED) is 0.114. The molecular formula is C34H37ClN6O7. The zero-order chi connectivity index (χ0) is 33.0. The van der Waals surface area contributed by atoms with Crippen LogP contribution in [0, 0.1) is 6.92 Å². The topological polar surface area (TPSA) is 178 Å². The summed E-state index contributed by atoms with van der Waals surface area (Å²) in [5.74, 6) is -1.73. The molecule has 2 atom stereocenters. The number of hydrogen-bond acceptors (Lipinski definition) is 10. The maximum atomic E-state index is 13.4. The van der Waals surface area contributed by atoms with Gasteiger partial charge in [0, 0.05) is 48.4 Å². The summed E-state index contributed by atoms with van der Waals surface area (Å²) >= 11 is 0. The number of likely N-dealkylation sites (N-methyl/N-ethyl adjacent to an activating group) is 1. The van der Waals surface area contributed by atoms with Crippen LogP contribution >= 0.6 is 12.4 Å². The second-order valence-corrected chi connectivity index (χ2v) is 11.8. The number of esters is 1. The van der Waals surface area contributed by atoms with Gasteiger partial charge in [-0.25, -0.2) is 14.6 Å². The number of H-pyrrole nitrogens is 1. The number of ether oxygens (including phenoxy) is 3. The summed E-state index contributed by atoms with van der Waals surface area (Å²) in [5.41, 5.74) is 4.68. The van der Waals surface area contributed by atoms with Crippen LogP contribution < -0.4 is 10.6 Å². The largest absolute Gasteiger partial charge is 0.478 e. The third kappa shape index (κ3) is 7.24. The number of hydrogen-bond donors (Lipinski definition) is 4. The molecule has 1 aromatic carbocycles. The molecule has 2 aliphatic rings. The number of benzene rings is 1. The van der Waals surface area contributed by atoms with E-state index in [-0.39, 0.29) is 30.3 Å². The monoisotopic (exact) mass is 676 g/mol. The fourth-order valence-corrected chi connectivity index (χ4v) is 6.12. The van der Waals surface area contributed by atoms with Gasteiger partial charge in [-0.3, -0.25) is 14.9 Å². The molecule has 1 aliphatic carbocycles. The minimum absolute atomic E-state index is 0. The van der Waals surface area contributed by atoms with Crippen LogP contribution in [-0.4, -0.2) is 89.2 Å². The molecule has 1 spiro atoms. The predicted molar refractivity (Wildman–Crippen MR) is 179 cm³/mol. The summed E-state index contributed by atoms with van der Waals surface area (Å²) in [6.07, 6.45) is 7.75. The molecule has 0 bridgehead atoms. The fraction of sp³-hybridized carbons (Fsp3) is 0.353. The lowest BCUT2D eigenvalue weighted by Gasteiger charge is -2.20. The molecule has 0 radical (unpaired) electrons. The van der Waals surface area contributed by atoms with Crippen LogP contribution in [0.4, 0.5) is 5.82 Å². The molecular weight excluding hydrogens is 640 g/mol. The Kier molecular flexibility index (Phi) is 10.8. The van der Waals surface area contributed by atoms with Gasteiger partial charge in [0.05, 0.1) is 49.1 Å². The van der Waals surface area contributed by atoms with Crippen molar-refractivity contribution in [2.75, 3.05) is 45.3 Å². The molecule has 14 heteroatoms. The highest BCUT2D eigenvalue weighted by molar-refractivity contribution is 6.06. The molecule has 4 heterocycles. The van der Waals surface area contributed by atoms with E-state index in [0.717, 1.165) is 39.7 Å². The highest BCUT2D eigenvalue weighted by Crippen LogP contribution is 2.46. The average Bonchev–Trinajstić information content (AvgIpc) is 3.75. The van der Waals surface area contributed by atoms with Crippen LogP contribution in [0.5, 0.6) is 0 Å². The summed E-state index contributed by atoms with van der Waals surface area (Å²) in [5, 5.41) is 23.6. The molecule has 13 nitrogen and oxygen atoms in total. The van der Waals surface area contributed by atoms with Gasteiger partial charge in [0.15, 0.2) is 0 Å². The lowest BCUT2D eigenvalue weighted by molar-refractivity contribution is -0.147. The number of rotatable bonds is 14. The molecule has 4 N–H and O–H groups in total. The number of fused-ring (bicyclic) bond motifs is 4. The number of carbonyl (C=O) groups excluding carboxylic acids is 2.